The smallest absolute Gasteiger partial charge is 0.253 e. The predicted molar refractivity (Wildman–Crippen MR) is 143 cm³/mol. The van der Waals surface area contributed by atoms with Crippen LogP contribution in [0.15, 0.2) is 30.3 Å². The van der Waals surface area contributed by atoms with Crippen molar-refractivity contribution in [2.45, 2.75) is 94.9 Å². The Morgan fingerprint density at radius 2 is 1.69 bits per heavy atom. The minimum atomic E-state index is -2.44. The summed E-state index contributed by atoms with van der Waals surface area (Å²) >= 11 is 1.80. The van der Waals surface area contributed by atoms with Crippen LogP contribution in [0, 0.1) is 11.8 Å². The molecular weight excluding hydrogens is 502 g/mol. The van der Waals surface area contributed by atoms with Crippen molar-refractivity contribution in [3.05, 3.63) is 35.9 Å². The highest BCUT2D eigenvalue weighted by Crippen LogP contribution is 2.29. The largest absolute Gasteiger partial charge is 0.390 e. The molecule has 2 amide bonds. The second-order valence-corrected chi connectivity index (χ2v) is 11.3. The molecule has 1 unspecified atom stereocenters. The maximum Gasteiger partial charge on any atom is 0.253 e. The number of nitrogens with one attached hydrogen (secondary N) is 3. The monoisotopic (exact) mass is 543 g/mol. The summed E-state index contributed by atoms with van der Waals surface area (Å²) in [5.74, 6) is -0.784. The van der Waals surface area contributed by atoms with Crippen molar-refractivity contribution in [1.82, 2.24) is 15.4 Å². The first-order chi connectivity index (χ1) is 17.1. The van der Waals surface area contributed by atoms with Gasteiger partial charge in [-0.3, -0.25) is 14.1 Å². The molecule has 1 aliphatic rings. The fourth-order valence-electron chi connectivity index (χ4n) is 4.68. The average molecular weight is 544 g/mol. The second-order valence-electron chi connectivity index (χ2n) is 10.1. The normalized spacial score (nSPS) is 19.6. The molecule has 9 nitrogen and oxygen atoms in total. The molecule has 0 radical (unpaired) electrons. The van der Waals surface area contributed by atoms with Gasteiger partial charge in [0, 0.05) is 0 Å². The van der Waals surface area contributed by atoms with E-state index in [4.69, 9.17) is 0 Å². The highest BCUT2D eigenvalue weighted by molar-refractivity contribution is 7.81. The standard InChI is InChI=1S/C25H41N3O6S2/c1-16(2)13-21(29)22(30)19(14-17-9-5-3-6-10-17)26-24(32)25(35)27-23(31)20(28-36(33)34)15-18-11-7-4-8-12-18/h4,7-8,11-12,16-17,19-22,25,28-30,35H,3,5-6,9-10,13-15H2,1-2H3,(H,26,32)(H,27,31)(H,33,34)/t19-,20-,21-,22+,25-/m0/s1. The van der Waals surface area contributed by atoms with Crippen LogP contribution in [0.3, 0.4) is 0 Å². The number of amides is 2. The summed E-state index contributed by atoms with van der Waals surface area (Å²) in [5.41, 5.74) is 0.769. The molecule has 2 rings (SSSR count). The fourth-order valence-corrected chi connectivity index (χ4v) is 5.31. The molecule has 1 aliphatic carbocycles. The van der Waals surface area contributed by atoms with Gasteiger partial charge in [-0.05, 0) is 36.7 Å². The van der Waals surface area contributed by atoms with Crippen molar-refractivity contribution < 1.29 is 28.6 Å². The van der Waals surface area contributed by atoms with Gasteiger partial charge in [0.05, 0.1) is 12.1 Å². The van der Waals surface area contributed by atoms with Gasteiger partial charge in [0.2, 0.25) is 17.2 Å². The van der Waals surface area contributed by atoms with Crippen molar-refractivity contribution in [2.24, 2.45) is 11.8 Å². The maximum atomic E-state index is 13.0. The molecule has 1 fully saturated rings. The predicted octanol–water partition coefficient (Wildman–Crippen LogP) is 1.92. The third-order valence-corrected chi connectivity index (χ3v) is 7.38. The van der Waals surface area contributed by atoms with Crippen LogP contribution in [-0.4, -0.2) is 60.5 Å². The zero-order valence-corrected chi connectivity index (χ0v) is 22.7. The summed E-state index contributed by atoms with van der Waals surface area (Å²) in [4.78, 5) is 25.8. The number of aliphatic hydroxyl groups excluding tert-OH is 2. The number of carbonyl (C=O) groups is 2. The lowest BCUT2D eigenvalue weighted by Gasteiger charge is -2.33. The maximum absolute atomic E-state index is 13.0. The molecular formula is C25H41N3O6S2. The molecule has 0 heterocycles. The molecule has 0 saturated heterocycles. The second kappa shape index (κ2) is 15.7. The zero-order chi connectivity index (χ0) is 26.7. The minimum absolute atomic E-state index is 0.130. The van der Waals surface area contributed by atoms with E-state index >= 15 is 0 Å². The van der Waals surface area contributed by atoms with Gasteiger partial charge >= 0.3 is 0 Å². The number of rotatable bonds is 14. The van der Waals surface area contributed by atoms with Gasteiger partial charge in [0.15, 0.2) is 5.37 Å². The Bertz CT molecular complexity index is 838. The zero-order valence-electron chi connectivity index (χ0n) is 21.0. The molecule has 0 aromatic heterocycles. The van der Waals surface area contributed by atoms with E-state index in [9.17, 15) is 28.6 Å². The molecule has 6 atom stereocenters. The van der Waals surface area contributed by atoms with E-state index in [1.807, 2.05) is 19.9 Å². The Hall–Kier alpha value is -1.50. The molecule has 6 N–H and O–H groups in total. The van der Waals surface area contributed by atoms with Crippen molar-refractivity contribution in [3.8, 4) is 0 Å². The number of aliphatic hydroxyl groups is 2. The van der Waals surface area contributed by atoms with E-state index in [2.05, 4.69) is 28.0 Å². The Labute approximate surface area is 222 Å². The molecule has 204 valence electrons. The molecule has 1 aromatic carbocycles. The summed E-state index contributed by atoms with van der Waals surface area (Å²) in [7, 11) is 0. The molecule has 11 heteroatoms. The summed E-state index contributed by atoms with van der Waals surface area (Å²) in [5, 5.41) is 25.4. The van der Waals surface area contributed by atoms with Crippen LogP contribution in [0.25, 0.3) is 0 Å². The van der Waals surface area contributed by atoms with Crippen LogP contribution >= 0.6 is 12.6 Å². The Kier molecular flexibility index (Phi) is 13.4. The summed E-state index contributed by atoms with van der Waals surface area (Å²) < 4.78 is 22.9. The minimum Gasteiger partial charge on any atom is -0.390 e. The van der Waals surface area contributed by atoms with Crippen LogP contribution in [-0.2, 0) is 27.3 Å². The first-order valence-electron chi connectivity index (χ1n) is 12.6. The van der Waals surface area contributed by atoms with Crippen molar-refractivity contribution in [1.29, 1.82) is 0 Å². The number of thiol groups is 1. The van der Waals surface area contributed by atoms with Crippen LogP contribution in [0.2, 0.25) is 0 Å². The van der Waals surface area contributed by atoms with E-state index in [1.54, 1.807) is 24.3 Å². The highest BCUT2D eigenvalue weighted by atomic mass is 32.2. The molecule has 0 spiro atoms. The first-order valence-corrected chi connectivity index (χ1v) is 14.2. The fraction of sp³-hybridized carbons (Fsp3) is 0.680. The molecule has 0 bridgehead atoms. The van der Waals surface area contributed by atoms with Gasteiger partial charge < -0.3 is 20.8 Å². The quantitative estimate of drug-likeness (QED) is 0.108. The van der Waals surface area contributed by atoms with Crippen LogP contribution in [0.1, 0.15) is 64.4 Å². The van der Waals surface area contributed by atoms with E-state index in [0.29, 0.717) is 18.8 Å². The Morgan fingerprint density at radius 1 is 1.06 bits per heavy atom. The number of carbonyl (C=O) groups excluding carboxylic acids is 2. The van der Waals surface area contributed by atoms with Gasteiger partial charge in [-0.15, -0.1) is 12.6 Å². The van der Waals surface area contributed by atoms with Crippen molar-refractivity contribution in [3.63, 3.8) is 0 Å². The third kappa shape index (κ3) is 10.9. The van der Waals surface area contributed by atoms with Gasteiger partial charge in [-0.2, -0.15) is 0 Å². The number of hydrogen-bond donors (Lipinski definition) is 7. The lowest BCUT2D eigenvalue weighted by molar-refractivity contribution is -0.129. The van der Waals surface area contributed by atoms with Crippen molar-refractivity contribution in [2.75, 3.05) is 0 Å². The van der Waals surface area contributed by atoms with Gasteiger partial charge in [-0.1, -0.05) is 76.3 Å². The van der Waals surface area contributed by atoms with Gasteiger partial charge in [-0.25, -0.2) is 8.93 Å². The topological polar surface area (TPSA) is 148 Å². The molecule has 1 saturated carbocycles. The third-order valence-electron chi connectivity index (χ3n) is 6.53. The van der Waals surface area contributed by atoms with E-state index < -0.39 is 52.7 Å². The number of hydrogen-bond acceptors (Lipinski definition) is 6. The summed E-state index contributed by atoms with van der Waals surface area (Å²) in [6, 6.07) is 7.21. The SMILES string of the molecule is CC(C)C[C@H](O)[C@H](O)[C@H](CC1CCCCC1)NC(=O)[C@H](S)NC(=O)[C@H](Cc1ccccc1)NS(=O)O. The van der Waals surface area contributed by atoms with E-state index in [0.717, 1.165) is 31.2 Å². The molecule has 1 aromatic rings. The Morgan fingerprint density at radius 3 is 2.28 bits per heavy atom. The first kappa shape index (κ1) is 30.7. The Balaban J connectivity index is 2.05. The van der Waals surface area contributed by atoms with E-state index in [-0.39, 0.29) is 12.3 Å². The van der Waals surface area contributed by atoms with Crippen LogP contribution in [0.5, 0.6) is 0 Å². The van der Waals surface area contributed by atoms with Crippen LogP contribution < -0.4 is 15.4 Å². The summed E-state index contributed by atoms with van der Waals surface area (Å²) in [6.45, 7) is 3.90. The highest BCUT2D eigenvalue weighted by Gasteiger charge is 2.33. The lowest BCUT2D eigenvalue weighted by Crippen LogP contribution is -2.56. The van der Waals surface area contributed by atoms with Crippen molar-refractivity contribution >= 4 is 35.7 Å². The van der Waals surface area contributed by atoms with Gasteiger partial charge in [0.25, 0.3) is 5.91 Å². The lowest BCUT2D eigenvalue weighted by atomic mass is 9.82. The molecule has 0 aliphatic heterocycles. The molecule has 36 heavy (non-hydrogen) atoms. The average Bonchev–Trinajstić information content (AvgIpc) is 2.83. The van der Waals surface area contributed by atoms with Gasteiger partial charge in [0.1, 0.15) is 12.1 Å². The van der Waals surface area contributed by atoms with E-state index in [1.165, 1.54) is 6.42 Å². The van der Waals surface area contributed by atoms with Crippen LogP contribution in [0.4, 0.5) is 0 Å². The number of benzene rings is 1. The summed E-state index contributed by atoms with van der Waals surface area (Å²) in [6.07, 6.45) is 4.29.